The van der Waals surface area contributed by atoms with Crippen molar-refractivity contribution in [1.29, 1.82) is 0 Å². The Kier molecular flexibility index (Phi) is 4.35. The average molecular weight is 361 g/mol. The van der Waals surface area contributed by atoms with Gasteiger partial charge in [-0.05, 0) is 51.0 Å². The number of aromatic nitrogens is 6. The first kappa shape index (κ1) is 17.2. The van der Waals surface area contributed by atoms with Crippen LogP contribution in [-0.2, 0) is 6.42 Å². The van der Waals surface area contributed by atoms with Crippen LogP contribution in [0.4, 0.5) is 5.82 Å². The summed E-state index contributed by atoms with van der Waals surface area (Å²) >= 11 is 0. The van der Waals surface area contributed by atoms with Gasteiger partial charge in [0.05, 0.1) is 11.4 Å². The van der Waals surface area contributed by atoms with Crippen molar-refractivity contribution in [2.24, 2.45) is 0 Å². The predicted molar refractivity (Wildman–Crippen MR) is 105 cm³/mol. The lowest BCUT2D eigenvalue weighted by atomic mass is 10.1. The Morgan fingerprint density at radius 3 is 2.56 bits per heavy atom. The summed E-state index contributed by atoms with van der Waals surface area (Å²) in [5.41, 5.74) is 5.39. The maximum atomic E-state index is 4.55. The van der Waals surface area contributed by atoms with E-state index in [4.69, 9.17) is 0 Å². The molecule has 1 N–H and O–H groups in total. The zero-order valence-electron chi connectivity index (χ0n) is 16.0. The maximum Gasteiger partial charge on any atom is 0.254 e. The van der Waals surface area contributed by atoms with Crippen molar-refractivity contribution in [3.63, 3.8) is 0 Å². The first-order valence-corrected chi connectivity index (χ1v) is 9.15. The van der Waals surface area contributed by atoms with E-state index < -0.39 is 0 Å². The van der Waals surface area contributed by atoms with Crippen LogP contribution in [0.1, 0.15) is 42.5 Å². The van der Waals surface area contributed by atoms with Crippen LogP contribution < -0.4 is 5.32 Å². The number of anilines is 1. The highest BCUT2D eigenvalue weighted by atomic mass is 15.4. The molecule has 1 atom stereocenters. The third-order valence-corrected chi connectivity index (χ3v) is 4.68. The molecule has 0 saturated heterocycles. The molecule has 0 aliphatic rings. The molecule has 0 aliphatic carbocycles. The lowest BCUT2D eigenvalue weighted by molar-refractivity contribution is 0.820. The summed E-state index contributed by atoms with van der Waals surface area (Å²) < 4.78 is 3.70. The predicted octanol–water partition coefficient (Wildman–Crippen LogP) is 3.66. The Morgan fingerprint density at radius 2 is 1.89 bits per heavy atom. The minimum absolute atomic E-state index is 0.110. The van der Waals surface area contributed by atoms with E-state index in [1.807, 2.05) is 17.7 Å². The smallest absolute Gasteiger partial charge is 0.254 e. The van der Waals surface area contributed by atoms with Gasteiger partial charge in [0.25, 0.3) is 5.78 Å². The summed E-state index contributed by atoms with van der Waals surface area (Å²) in [6, 6.07) is 12.7. The second kappa shape index (κ2) is 6.83. The second-order valence-electron chi connectivity index (χ2n) is 6.75. The van der Waals surface area contributed by atoms with E-state index in [0.29, 0.717) is 5.78 Å². The van der Waals surface area contributed by atoms with Crippen molar-refractivity contribution in [1.82, 2.24) is 29.4 Å². The van der Waals surface area contributed by atoms with Gasteiger partial charge in [-0.1, -0.05) is 19.1 Å². The summed E-state index contributed by atoms with van der Waals surface area (Å²) in [6.45, 7) is 8.29. The summed E-state index contributed by atoms with van der Waals surface area (Å²) in [7, 11) is 0. The zero-order chi connectivity index (χ0) is 19.0. The number of hydrogen-bond donors (Lipinski definition) is 1. The van der Waals surface area contributed by atoms with Gasteiger partial charge in [-0.2, -0.15) is 19.7 Å². The number of benzene rings is 1. The van der Waals surface area contributed by atoms with Crippen LogP contribution in [0, 0.1) is 13.8 Å². The minimum Gasteiger partial charge on any atom is -0.363 e. The lowest BCUT2D eigenvalue weighted by Gasteiger charge is -2.17. The van der Waals surface area contributed by atoms with Crippen LogP contribution in [0.15, 0.2) is 42.7 Å². The van der Waals surface area contributed by atoms with E-state index in [9.17, 15) is 0 Å². The normalized spacial score (nSPS) is 12.4. The van der Waals surface area contributed by atoms with Gasteiger partial charge in [0.2, 0.25) is 0 Å². The van der Waals surface area contributed by atoms with E-state index in [-0.39, 0.29) is 6.04 Å². The van der Waals surface area contributed by atoms with Crippen molar-refractivity contribution in [2.45, 2.75) is 40.2 Å². The molecule has 0 amide bonds. The van der Waals surface area contributed by atoms with Crippen LogP contribution >= 0.6 is 0 Å². The fourth-order valence-electron chi connectivity index (χ4n) is 3.24. The summed E-state index contributed by atoms with van der Waals surface area (Å²) in [5, 5.41) is 12.4. The van der Waals surface area contributed by atoms with Crippen molar-refractivity contribution >= 4 is 11.6 Å². The van der Waals surface area contributed by atoms with E-state index >= 15 is 0 Å². The number of nitrogens with zero attached hydrogens (tertiary/aromatic N) is 6. The minimum atomic E-state index is 0.110. The van der Waals surface area contributed by atoms with Gasteiger partial charge >= 0.3 is 0 Å². The maximum absolute atomic E-state index is 4.55. The van der Waals surface area contributed by atoms with E-state index in [2.05, 4.69) is 76.6 Å². The van der Waals surface area contributed by atoms with Crippen molar-refractivity contribution in [2.75, 3.05) is 5.32 Å². The summed E-state index contributed by atoms with van der Waals surface area (Å²) in [4.78, 5) is 8.70. The Hall–Kier alpha value is -3.22. The molecular formula is C20H23N7. The van der Waals surface area contributed by atoms with Crippen LogP contribution in [0.5, 0.6) is 0 Å². The van der Waals surface area contributed by atoms with Crippen molar-refractivity contribution in [3.8, 4) is 5.69 Å². The third-order valence-electron chi connectivity index (χ3n) is 4.68. The Bertz CT molecular complexity index is 1080. The molecule has 0 saturated carbocycles. The fourth-order valence-corrected chi connectivity index (χ4v) is 3.24. The summed E-state index contributed by atoms with van der Waals surface area (Å²) in [6.07, 6.45) is 2.38. The molecule has 0 fully saturated rings. The van der Waals surface area contributed by atoms with Gasteiger partial charge in [-0.3, -0.25) is 0 Å². The first-order valence-electron chi connectivity index (χ1n) is 9.15. The standard InChI is InChI=1S/C20H23N7/c1-5-17-11-19(27-20(24-17)21-12-22-27)23-15(4)16-6-8-18(9-7-16)26-14(3)10-13(2)25-26/h6-12,15,23H,5H2,1-4H3. The molecule has 1 unspecified atom stereocenters. The molecule has 138 valence electrons. The van der Waals surface area contributed by atoms with Gasteiger partial charge in [0.1, 0.15) is 12.1 Å². The largest absolute Gasteiger partial charge is 0.363 e. The quantitative estimate of drug-likeness (QED) is 0.587. The Balaban J connectivity index is 1.59. The molecule has 27 heavy (non-hydrogen) atoms. The molecule has 0 aliphatic heterocycles. The van der Waals surface area contributed by atoms with Gasteiger partial charge in [0, 0.05) is 23.5 Å². The van der Waals surface area contributed by atoms with Crippen LogP contribution in [0.25, 0.3) is 11.5 Å². The molecule has 3 heterocycles. The number of aryl methyl sites for hydroxylation is 3. The van der Waals surface area contributed by atoms with E-state index in [0.717, 1.165) is 35.0 Å². The number of fused-ring (bicyclic) bond motifs is 1. The van der Waals surface area contributed by atoms with Crippen LogP contribution in [0.2, 0.25) is 0 Å². The van der Waals surface area contributed by atoms with E-state index in [1.54, 1.807) is 4.52 Å². The molecule has 4 rings (SSSR count). The van der Waals surface area contributed by atoms with Gasteiger partial charge < -0.3 is 5.32 Å². The highest BCUT2D eigenvalue weighted by Gasteiger charge is 2.12. The van der Waals surface area contributed by atoms with Gasteiger partial charge in [-0.25, -0.2) is 9.67 Å². The lowest BCUT2D eigenvalue weighted by Crippen LogP contribution is -2.12. The van der Waals surface area contributed by atoms with Gasteiger partial charge in [0.15, 0.2) is 0 Å². The molecule has 1 aromatic carbocycles. The average Bonchev–Trinajstić information content (AvgIpc) is 3.27. The molecule has 7 nitrogen and oxygen atoms in total. The molecule has 0 bridgehead atoms. The van der Waals surface area contributed by atoms with Crippen molar-refractivity contribution in [3.05, 3.63) is 65.4 Å². The number of nitrogens with one attached hydrogen (secondary N) is 1. The zero-order valence-corrected chi connectivity index (χ0v) is 16.0. The monoisotopic (exact) mass is 361 g/mol. The van der Waals surface area contributed by atoms with E-state index in [1.165, 1.54) is 11.9 Å². The molecule has 7 heteroatoms. The SMILES string of the molecule is CCc1cc(NC(C)c2ccc(-n3nc(C)cc3C)cc2)n2ncnc2n1. The topological polar surface area (TPSA) is 72.9 Å². The first-order chi connectivity index (χ1) is 13.0. The number of hydrogen-bond acceptors (Lipinski definition) is 5. The molecule has 0 radical (unpaired) electrons. The summed E-state index contributed by atoms with van der Waals surface area (Å²) in [5.74, 6) is 1.51. The molecule has 3 aromatic heterocycles. The van der Waals surface area contributed by atoms with Crippen LogP contribution in [0.3, 0.4) is 0 Å². The highest BCUT2D eigenvalue weighted by molar-refractivity contribution is 5.47. The Labute approximate surface area is 158 Å². The fraction of sp³-hybridized carbons (Fsp3) is 0.300. The molecular weight excluding hydrogens is 338 g/mol. The van der Waals surface area contributed by atoms with Gasteiger partial charge in [-0.15, -0.1) is 0 Å². The van der Waals surface area contributed by atoms with Crippen LogP contribution in [-0.4, -0.2) is 29.4 Å². The van der Waals surface area contributed by atoms with Crippen molar-refractivity contribution < 1.29 is 0 Å². The third kappa shape index (κ3) is 3.28. The molecule has 0 spiro atoms. The second-order valence-corrected chi connectivity index (χ2v) is 6.75. The highest BCUT2D eigenvalue weighted by Crippen LogP contribution is 2.22. The number of rotatable bonds is 5. The Morgan fingerprint density at radius 1 is 1.11 bits per heavy atom. The molecule has 4 aromatic rings.